The van der Waals surface area contributed by atoms with E-state index in [4.69, 9.17) is 9.47 Å². The quantitative estimate of drug-likeness (QED) is 0.846. The van der Waals surface area contributed by atoms with Crippen LogP contribution >= 0.6 is 0 Å². The highest BCUT2D eigenvalue weighted by atomic mass is 19.1. The Labute approximate surface area is 138 Å². The van der Waals surface area contributed by atoms with Gasteiger partial charge in [0.2, 0.25) is 0 Å². The number of rotatable bonds is 4. The van der Waals surface area contributed by atoms with Crippen LogP contribution in [0.2, 0.25) is 0 Å². The largest absolute Gasteiger partial charge is 0.377 e. The van der Waals surface area contributed by atoms with Gasteiger partial charge in [-0.05, 0) is 44.1 Å². The molecule has 2 aliphatic heterocycles. The molecule has 5 heteroatoms. The van der Waals surface area contributed by atoms with Gasteiger partial charge in [-0.15, -0.1) is 0 Å². The Balaban J connectivity index is 1.63. The maximum absolute atomic E-state index is 13.1. The molecule has 2 saturated heterocycles. The summed E-state index contributed by atoms with van der Waals surface area (Å²) in [4.78, 5) is 4.60. The van der Waals surface area contributed by atoms with Gasteiger partial charge in [0.05, 0.1) is 19.8 Å². The second-order valence-corrected chi connectivity index (χ2v) is 7.22. The fourth-order valence-electron chi connectivity index (χ4n) is 3.75. The van der Waals surface area contributed by atoms with Crippen molar-refractivity contribution in [3.63, 3.8) is 0 Å². The lowest BCUT2D eigenvalue weighted by Crippen LogP contribution is -2.44. The van der Waals surface area contributed by atoms with Crippen LogP contribution in [0, 0.1) is 11.7 Å². The number of hydrogen-bond acceptors (Lipinski definition) is 4. The first kappa shape index (κ1) is 16.8. The van der Waals surface area contributed by atoms with Crippen molar-refractivity contribution in [3.8, 4) is 0 Å². The first-order valence-corrected chi connectivity index (χ1v) is 8.38. The van der Waals surface area contributed by atoms with Gasteiger partial charge in [-0.2, -0.15) is 0 Å². The molecule has 1 aromatic carbocycles. The average Bonchev–Trinajstić information content (AvgIpc) is 2.76. The first-order valence-electron chi connectivity index (χ1n) is 8.38. The maximum atomic E-state index is 13.1. The van der Waals surface area contributed by atoms with Gasteiger partial charge in [0.15, 0.2) is 0 Å². The van der Waals surface area contributed by atoms with Gasteiger partial charge in [0.1, 0.15) is 11.4 Å². The SMILES string of the molecule is CN(C)CC1COC2(COCCN(Cc3ccc(F)cc3)C2)C1. The van der Waals surface area contributed by atoms with Crippen molar-refractivity contribution < 1.29 is 13.9 Å². The van der Waals surface area contributed by atoms with Crippen molar-refractivity contribution >= 4 is 0 Å². The summed E-state index contributed by atoms with van der Waals surface area (Å²) >= 11 is 0. The molecule has 0 radical (unpaired) electrons. The predicted molar refractivity (Wildman–Crippen MR) is 87.8 cm³/mol. The van der Waals surface area contributed by atoms with E-state index in [0.717, 1.165) is 51.4 Å². The number of nitrogens with zero attached hydrogens (tertiary/aromatic N) is 2. The fraction of sp³-hybridized carbons (Fsp3) is 0.667. The lowest BCUT2D eigenvalue weighted by molar-refractivity contribution is -0.0563. The highest BCUT2D eigenvalue weighted by molar-refractivity contribution is 5.16. The fourth-order valence-corrected chi connectivity index (χ4v) is 3.75. The van der Waals surface area contributed by atoms with Crippen molar-refractivity contribution in [2.75, 3.05) is 53.6 Å². The predicted octanol–water partition coefficient (Wildman–Crippen LogP) is 1.99. The minimum atomic E-state index is -0.185. The Kier molecular flexibility index (Phi) is 5.31. The zero-order chi connectivity index (χ0) is 16.3. The lowest BCUT2D eigenvalue weighted by Gasteiger charge is -2.31. The summed E-state index contributed by atoms with van der Waals surface area (Å²) in [7, 11) is 4.21. The third kappa shape index (κ3) is 4.51. The Morgan fingerprint density at radius 2 is 2.09 bits per heavy atom. The second kappa shape index (κ2) is 7.26. The second-order valence-electron chi connectivity index (χ2n) is 7.22. The Morgan fingerprint density at radius 3 is 2.83 bits per heavy atom. The van der Waals surface area contributed by atoms with E-state index in [1.54, 1.807) is 0 Å². The molecule has 1 aromatic rings. The maximum Gasteiger partial charge on any atom is 0.123 e. The Bertz CT molecular complexity index is 508. The summed E-state index contributed by atoms with van der Waals surface area (Å²) in [5, 5.41) is 0. The molecule has 0 amide bonds. The van der Waals surface area contributed by atoms with E-state index in [-0.39, 0.29) is 11.4 Å². The average molecular weight is 322 g/mol. The molecule has 0 bridgehead atoms. The summed E-state index contributed by atoms with van der Waals surface area (Å²) in [5.41, 5.74) is 0.947. The number of ether oxygens (including phenoxy) is 2. The van der Waals surface area contributed by atoms with Gasteiger partial charge in [0, 0.05) is 26.2 Å². The molecule has 2 unspecified atom stereocenters. The summed E-state index contributed by atoms with van der Waals surface area (Å²) in [6, 6.07) is 6.77. The highest BCUT2D eigenvalue weighted by Crippen LogP contribution is 2.33. The van der Waals surface area contributed by atoms with Gasteiger partial charge >= 0.3 is 0 Å². The van der Waals surface area contributed by atoms with Crippen LogP contribution in [0.3, 0.4) is 0 Å². The third-order valence-corrected chi connectivity index (χ3v) is 4.66. The minimum Gasteiger partial charge on any atom is -0.377 e. The van der Waals surface area contributed by atoms with Crippen molar-refractivity contribution in [2.24, 2.45) is 5.92 Å². The van der Waals surface area contributed by atoms with Crippen LogP contribution in [-0.2, 0) is 16.0 Å². The minimum absolute atomic E-state index is 0.183. The molecule has 2 aliphatic rings. The third-order valence-electron chi connectivity index (χ3n) is 4.66. The topological polar surface area (TPSA) is 24.9 Å². The molecule has 0 aliphatic carbocycles. The molecule has 23 heavy (non-hydrogen) atoms. The van der Waals surface area contributed by atoms with Crippen LogP contribution in [0.25, 0.3) is 0 Å². The number of hydrogen-bond donors (Lipinski definition) is 0. The smallest absolute Gasteiger partial charge is 0.123 e. The van der Waals surface area contributed by atoms with Crippen LogP contribution in [0.15, 0.2) is 24.3 Å². The molecular formula is C18H27FN2O2. The zero-order valence-electron chi connectivity index (χ0n) is 14.1. The highest BCUT2D eigenvalue weighted by Gasteiger charge is 2.43. The van der Waals surface area contributed by atoms with Gasteiger partial charge in [-0.3, -0.25) is 4.90 Å². The van der Waals surface area contributed by atoms with Gasteiger partial charge in [0.25, 0.3) is 0 Å². The molecule has 0 N–H and O–H groups in total. The lowest BCUT2D eigenvalue weighted by atomic mass is 9.94. The molecular weight excluding hydrogens is 295 g/mol. The van der Waals surface area contributed by atoms with Crippen LogP contribution in [0.4, 0.5) is 4.39 Å². The number of halogens is 1. The van der Waals surface area contributed by atoms with Crippen molar-refractivity contribution in [3.05, 3.63) is 35.6 Å². The Morgan fingerprint density at radius 1 is 1.30 bits per heavy atom. The molecule has 2 atom stereocenters. The van der Waals surface area contributed by atoms with E-state index in [1.165, 1.54) is 12.1 Å². The number of benzene rings is 1. The molecule has 2 fully saturated rings. The van der Waals surface area contributed by atoms with Crippen molar-refractivity contribution in [1.29, 1.82) is 0 Å². The standard InChI is InChI=1S/C18H27FN2O2/c1-20(2)10-16-9-18(23-12-16)13-21(7-8-22-14-18)11-15-3-5-17(19)6-4-15/h3-6,16H,7-14H2,1-2H3. The van der Waals surface area contributed by atoms with Crippen LogP contribution in [0.5, 0.6) is 0 Å². The van der Waals surface area contributed by atoms with E-state index >= 15 is 0 Å². The monoisotopic (exact) mass is 322 g/mol. The van der Waals surface area contributed by atoms with Gasteiger partial charge < -0.3 is 14.4 Å². The van der Waals surface area contributed by atoms with Crippen LogP contribution < -0.4 is 0 Å². The van der Waals surface area contributed by atoms with E-state index < -0.39 is 0 Å². The molecule has 2 heterocycles. The summed E-state index contributed by atoms with van der Waals surface area (Å²) in [5.74, 6) is 0.384. The van der Waals surface area contributed by atoms with E-state index in [0.29, 0.717) is 12.5 Å². The van der Waals surface area contributed by atoms with E-state index in [1.807, 2.05) is 12.1 Å². The molecule has 4 nitrogen and oxygen atoms in total. The molecule has 128 valence electrons. The summed E-state index contributed by atoms with van der Waals surface area (Å²) in [6.07, 6.45) is 1.05. The molecule has 1 spiro atoms. The van der Waals surface area contributed by atoms with E-state index in [9.17, 15) is 4.39 Å². The van der Waals surface area contributed by atoms with Crippen LogP contribution in [-0.4, -0.2) is 69.0 Å². The van der Waals surface area contributed by atoms with E-state index in [2.05, 4.69) is 23.9 Å². The normalized spacial score (nSPS) is 29.3. The Hall–Kier alpha value is -1.01. The molecule has 0 saturated carbocycles. The van der Waals surface area contributed by atoms with Crippen molar-refractivity contribution in [1.82, 2.24) is 9.80 Å². The summed E-state index contributed by atoms with van der Waals surface area (Å²) in [6.45, 7) is 5.86. The first-order chi connectivity index (χ1) is 11.0. The van der Waals surface area contributed by atoms with Gasteiger partial charge in [-0.1, -0.05) is 12.1 Å². The zero-order valence-corrected chi connectivity index (χ0v) is 14.1. The molecule has 0 aromatic heterocycles. The van der Waals surface area contributed by atoms with Crippen LogP contribution in [0.1, 0.15) is 12.0 Å². The van der Waals surface area contributed by atoms with Gasteiger partial charge in [-0.25, -0.2) is 4.39 Å². The molecule has 3 rings (SSSR count). The van der Waals surface area contributed by atoms with Crippen molar-refractivity contribution in [2.45, 2.75) is 18.6 Å². The summed E-state index contributed by atoms with van der Waals surface area (Å²) < 4.78 is 25.1.